The van der Waals surface area contributed by atoms with Crippen LogP contribution in [0.4, 0.5) is 0 Å². The van der Waals surface area contributed by atoms with Gasteiger partial charge >= 0.3 is 5.97 Å². The molecule has 0 aromatic heterocycles. The molecule has 0 radical (unpaired) electrons. The molecule has 0 saturated heterocycles. The van der Waals surface area contributed by atoms with Crippen molar-refractivity contribution in [3.8, 4) is 17.2 Å². The van der Waals surface area contributed by atoms with E-state index in [2.05, 4.69) is 13.8 Å². The third kappa shape index (κ3) is 3.58. The Hall–Kier alpha value is -2.49. The molecule has 1 unspecified atom stereocenters. The van der Waals surface area contributed by atoms with E-state index in [0.29, 0.717) is 17.2 Å². The monoisotopic (exact) mass is 300 g/mol. The van der Waals surface area contributed by atoms with Gasteiger partial charge in [-0.25, -0.2) is 4.79 Å². The Kier molecular flexibility index (Phi) is 5.04. The van der Waals surface area contributed by atoms with Crippen LogP contribution < -0.4 is 9.47 Å². The molecule has 2 aromatic rings. The molecule has 0 aliphatic carbocycles. The standard InChI is InChI=1S/C18H20O4/c1-4-12(2)14-7-10-16(19)17(11-14)22-18(20)13-5-8-15(21-3)9-6-13/h5-12,19H,4H2,1-3H3. The molecule has 1 atom stereocenters. The highest BCUT2D eigenvalue weighted by atomic mass is 16.5. The van der Waals surface area contributed by atoms with Gasteiger partial charge < -0.3 is 14.6 Å². The van der Waals surface area contributed by atoms with Crippen molar-refractivity contribution in [2.24, 2.45) is 0 Å². The molecule has 4 heteroatoms. The lowest BCUT2D eigenvalue weighted by Gasteiger charge is -2.12. The highest BCUT2D eigenvalue weighted by Crippen LogP contribution is 2.31. The summed E-state index contributed by atoms with van der Waals surface area (Å²) in [5.41, 5.74) is 1.42. The predicted octanol–water partition coefficient (Wildman–Crippen LogP) is 4.13. The zero-order chi connectivity index (χ0) is 16.1. The molecular weight excluding hydrogens is 280 g/mol. The van der Waals surface area contributed by atoms with E-state index in [4.69, 9.17) is 9.47 Å². The van der Waals surface area contributed by atoms with Crippen LogP contribution in [-0.4, -0.2) is 18.2 Å². The highest BCUT2D eigenvalue weighted by Gasteiger charge is 2.14. The zero-order valence-electron chi connectivity index (χ0n) is 13.0. The smallest absolute Gasteiger partial charge is 0.343 e. The number of benzene rings is 2. The summed E-state index contributed by atoms with van der Waals surface area (Å²) < 4.78 is 10.4. The Balaban J connectivity index is 2.19. The number of phenolic OH excluding ortho intramolecular Hbond substituents is 1. The molecule has 0 aliphatic heterocycles. The third-order valence-corrected chi connectivity index (χ3v) is 3.69. The molecule has 0 heterocycles. The SMILES string of the molecule is CCC(C)c1ccc(O)c(OC(=O)c2ccc(OC)cc2)c1. The van der Waals surface area contributed by atoms with Crippen molar-refractivity contribution in [1.29, 1.82) is 0 Å². The van der Waals surface area contributed by atoms with E-state index in [0.717, 1.165) is 12.0 Å². The lowest BCUT2D eigenvalue weighted by molar-refractivity contribution is 0.0729. The molecular formula is C18H20O4. The van der Waals surface area contributed by atoms with E-state index in [1.165, 1.54) is 0 Å². The fraction of sp³-hybridized carbons (Fsp3) is 0.278. The van der Waals surface area contributed by atoms with Crippen LogP contribution in [0.2, 0.25) is 0 Å². The summed E-state index contributed by atoms with van der Waals surface area (Å²) in [5.74, 6) is 0.615. The van der Waals surface area contributed by atoms with Crippen molar-refractivity contribution in [3.63, 3.8) is 0 Å². The fourth-order valence-electron chi connectivity index (χ4n) is 2.04. The van der Waals surface area contributed by atoms with Crippen LogP contribution in [0.3, 0.4) is 0 Å². The van der Waals surface area contributed by atoms with Gasteiger partial charge in [0.25, 0.3) is 0 Å². The van der Waals surface area contributed by atoms with Crippen LogP contribution in [0.15, 0.2) is 42.5 Å². The van der Waals surface area contributed by atoms with Gasteiger partial charge in [0, 0.05) is 0 Å². The molecule has 0 amide bonds. The van der Waals surface area contributed by atoms with Gasteiger partial charge in [-0.05, 0) is 54.3 Å². The molecule has 0 spiro atoms. The van der Waals surface area contributed by atoms with Crippen molar-refractivity contribution in [2.45, 2.75) is 26.2 Å². The summed E-state index contributed by atoms with van der Waals surface area (Å²) in [6.45, 7) is 4.17. The topological polar surface area (TPSA) is 55.8 Å². The predicted molar refractivity (Wildman–Crippen MR) is 84.8 cm³/mol. The maximum atomic E-state index is 12.1. The first kappa shape index (κ1) is 15.9. The number of methoxy groups -OCH3 is 1. The number of ether oxygens (including phenoxy) is 2. The normalized spacial score (nSPS) is 11.8. The van der Waals surface area contributed by atoms with Gasteiger partial charge in [0.15, 0.2) is 11.5 Å². The third-order valence-electron chi connectivity index (χ3n) is 3.69. The minimum Gasteiger partial charge on any atom is -0.504 e. The van der Waals surface area contributed by atoms with E-state index in [1.807, 2.05) is 6.07 Å². The maximum absolute atomic E-state index is 12.1. The second kappa shape index (κ2) is 6.98. The van der Waals surface area contributed by atoms with Crippen LogP contribution in [-0.2, 0) is 0 Å². The summed E-state index contributed by atoms with van der Waals surface area (Å²) in [5, 5.41) is 9.87. The molecule has 22 heavy (non-hydrogen) atoms. The molecule has 0 aliphatic rings. The number of hydrogen-bond acceptors (Lipinski definition) is 4. The number of rotatable bonds is 5. The van der Waals surface area contributed by atoms with Crippen LogP contribution in [0.1, 0.15) is 42.1 Å². The average Bonchev–Trinajstić information content (AvgIpc) is 2.56. The minimum absolute atomic E-state index is 0.0473. The molecule has 0 saturated carbocycles. The molecule has 0 bridgehead atoms. The average molecular weight is 300 g/mol. The van der Waals surface area contributed by atoms with E-state index >= 15 is 0 Å². The Bertz CT molecular complexity index is 647. The summed E-state index contributed by atoms with van der Waals surface area (Å²) >= 11 is 0. The first-order valence-electron chi connectivity index (χ1n) is 7.24. The first-order valence-corrected chi connectivity index (χ1v) is 7.24. The number of carbonyl (C=O) groups is 1. The van der Waals surface area contributed by atoms with Gasteiger partial charge in [0.2, 0.25) is 0 Å². The van der Waals surface area contributed by atoms with Gasteiger partial charge in [-0.15, -0.1) is 0 Å². The molecule has 0 fully saturated rings. The van der Waals surface area contributed by atoms with Crippen molar-refractivity contribution < 1.29 is 19.4 Å². The van der Waals surface area contributed by atoms with E-state index < -0.39 is 5.97 Å². The second-order valence-electron chi connectivity index (χ2n) is 5.15. The lowest BCUT2D eigenvalue weighted by atomic mass is 9.98. The van der Waals surface area contributed by atoms with Crippen LogP contribution >= 0.6 is 0 Å². The summed E-state index contributed by atoms with van der Waals surface area (Å²) in [4.78, 5) is 12.1. The largest absolute Gasteiger partial charge is 0.504 e. The minimum atomic E-state index is -0.515. The summed E-state index contributed by atoms with van der Waals surface area (Å²) in [7, 11) is 1.56. The molecule has 116 valence electrons. The quantitative estimate of drug-likeness (QED) is 0.666. The summed E-state index contributed by atoms with van der Waals surface area (Å²) in [6, 6.07) is 11.7. The van der Waals surface area contributed by atoms with Crippen LogP contribution in [0.25, 0.3) is 0 Å². The van der Waals surface area contributed by atoms with Crippen molar-refractivity contribution >= 4 is 5.97 Å². The molecule has 2 aromatic carbocycles. The van der Waals surface area contributed by atoms with E-state index in [9.17, 15) is 9.90 Å². The Labute approximate surface area is 130 Å². The first-order chi connectivity index (χ1) is 10.5. The molecule has 2 rings (SSSR count). The Morgan fingerprint density at radius 1 is 1.18 bits per heavy atom. The van der Waals surface area contributed by atoms with Gasteiger partial charge in [-0.1, -0.05) is 19.9 Å². The second-order valence-corrected chi connectivity index (χ2v) is 5.15. The Morgan fingerprint density at radius 3 is 2.45 bits per heavy atom. The summed E-state index contributed by atoms with van der Waals surface area (Å²) in [6.07, 6.45) is 0.969. The maximum Gasteiger partial charge on any atom is 0.343 e. The van der Waals surface area contributed by atoms with Gasteiger partial charge in [-0.2, -0.15) is 0 Å². The van der Waals surface area contributed by atoms with E-state index in [-0.39, 0.29) is 11.5 Å². The van der Waals surface area contributed by atoms with Gasteiger partial charge in [-0.3, -0.25) is 0 Å². The van der Waals surface area contributed by atoms with Crippen LogP contribution in [0.5, 0.6) is 17.2 Å². The fourth-order valence-corrected chi connectivity index (χ4v) is 2.04. The van der Waals surface area contributed by atoms with Crippen molar-refractivity contribution in [2.75, 3.05) is 7.11 Å². The van der Waals surface area contributed by atoms with Crippen LogP contribution in [0, 0.1) is 0 Å². The van der Waals surface area contributed by atoms with Gasteiger partial charge in [0.05, 0.1) is 12.7 Å². The number of phenols is 1. The zero-order valence-corrected chi connectivity index (χ0v) is 13.0. The number of hydrogen-bond donors (Lipinski definition) is 1. The number of esters is 1. The van der Waals surface area contributed by atoms with E-state index in [1.54, 1.807) is 43.5 Å². The molecule has 4 nitrogen and oxygen atoms in total. The number of aromatic hydroxyl groups is 1. The lowest BCUT2D eigenvalue weighted by Crippen LogP contribution is -2.09. The molecule has 1 N–H and O–H groups in total. The highest BCUT2D eigenvalue weighted by molar-refractivity contribution is 5.91. The van der Waals surface area contributed by atoms with Crippen molar-refractivity contribution in [1.82, 2.24) is 0 Å². The van der Waals surface area contributed by atoms with Gasteiger partial charge in [0.1, 0.15) is 5.75 Å². The number of carbonyl (C=O) groups excluding carboxylic acids is 1. The van der Waals surface area contributed by atoms with Crippen molar-refractivity contribution in [3.05, 3.63) is 53.6 Å². The Morgan fingerprint density at radius 2 is 1.86 bits per heavy atom.